The van der Waals surface area contributed by atoms with Gasteiger partial charge in [-0.3, -0.25) is 0 Å². The summed E-state index contributed by atoms with van der Waals surface area (Å²) >= 11 is 0. The van der Waals surface area contributed by atoms with Gasteiger partial charge in [-0.2, -0.15) is 0 Å². The van der Waals surface area contributed by atoms with Gasteiger partial charge in [0.2, 0.25) is 0 Å². The number of oxime groups is 1. The molecule has 5 heteroatoms. The number of unbranched alkanes of at least 4 members (excludes halogenated alkanes) is 2. The van der Waals surface area contributed by atoms with E-state index in [1.807, 2.05) is 30.3 Å². The van der Waals surface area contributed by atoms with Crippen LogP contribution < -0.4 is 11.1 Å². The van der Waals surface area contributed by atoms with Gasteiger partial charge in [0.15, 0.2) is 0 Å². The predicted molar refractivity (Wildman–Crippen MR) is 76.1 cm³/mol. The molecule has 5 N–H and O–H groups in total. The van der Waals surface area contributed by atoms with Crippen LogP contribution in [-0.2, 0) is 0 Å². The van der Waals surface area contributed by atoms with Crippen LogP contribution in [0.1, 0.15) is 37.3 Å². The molecule has 0 radical (unpaired) electrons. The lowest BCUT2D eigenvalue weighted by atomic mass is 10.0. The molecular weight excluding hydrogens is 242 g/mol. The summed E-state index contributed by atoms with van der Waals surface area (Å²) < 4.78 is 0. The normalized spacial score (nSPS) is 13.4. The molecule has 0 heterocycles. The van der Waals surface area contributed by atoms with E-state index in [1.54, 1.807) is 0 Å². The van der Waals surface area contributed by atoms with Crippen LogP contribution in [0.15, 0.2) is 35.5 Å². The minimum Gasteiger partial charge on any atom is -0.409 e. The first kappa shape index (κ1) is 15.5. The number of nitrogens with two attached hydrogens (primary N) is 1. The SMILES string of the molecule is N/C(CC(NCCCCCO)c1ccccc1)=N/O. The molecule has 0 saturated heterocycles. The zero-order valence-electron chi connectivity index (χ0n) is 11.1. The molecule has 0 saturated carbocycles. The standard InChI is InChI=1S/C14H23N3O2/c15-14(17-19)11-13(12-7-3-1-4-8-12)16-9-5-2-6-10-18/h1,3-4,7-8,13,16,18-19H,2,5-6,9-11H2,(H2,15,17). The van der Waals surface area contributed by atoms with Crippen molar-refractivity contribution in [3.05, 3.63) is 35.9 Å². The molecule has 1 unspecified atom stereocenters. The Morgan fingerprint density at radius 1 is 1.21 bits per heavy atom. The molecule has 0 fully saturated rings. The largest absolute Gasteiger partial charge is 0.409 e. The van der Waals surface area contributed by atoms with Gasteiger partial charge in [-0.25, -0.2) is 0 Å². The lowest BCUT2D eigenvalue weighted by Gasteiger charge is -2.18. The van der Waals surface area contributed by atoms with Gasteiger partial charge in [-0.1, -0.05) is 35.5 Å². The summed E-state index contributed by atoms with van der Waals surface area (Å²) in [6, 6.07) is 10.0. The van der Waals surface area contributed by atoms with Gasteiger partial charge < -0.3 is 21.4 Å². The molecule has 0 aliphatic heterocycles. The smallest absolute Gasteiger partial charge is 0.141 e. The summed E-state index contributed by atoms with van der Waals surface area (Å²) in [5.74, 6) is 0.219. The molecule has 0 amide bonds. The van der Waals surface area contributed by atoms with Crippen LogP contribution in [0.2, 0.25) is 0 Å². The second-order valence-electron chi connectivity index (χ2n) is 4.50. The first-order valence-electron chi connectivity index (χ1n) is 6.63. The van der Waals surface area contributed by atoms with Gasteiger partial charge in [0.05, 0.1) is 0 Å². The third kappa shape index (κ3) is 6.22. The Morgan fingerprint density at radius 3 is 2.58 bits per heavy atom. The number of nitrogens with zero attached hydrogens (tertiary/aromatic N) is 1. The van der Waals surface area contributed by atoms with Crippen molar-refractivity contribution in [2.45, 2.75) is 31.7 Å². The van der Waals surface area contributed by atoms with E-state index in [1.165, 1.54) is 0 Å². The topological polar surface area (TPSA) is 90.9 Å². The van der Waals surface area contributed by atoms with Crippen LogP contribution in [0.3, 0.4) is 0 Å². The molecular formula is C14H23N3O2. The Labute approximate surface area is 114 Å². The maximum absolute atomic E-state index is 8.72. The second-order valence-corrected chi connectivity index (χ2v) is 4.50. The highest BCUT2D eigenvalue weighted by molar-refractivity contribution is 5.80. The molecule has 0 spiro atoms. The average Bonchev–Trinajstić information content (AvgIpc) is 2.46. The van der Waals surface area contributed by atoms with Crippen molar-refractivity contribution in [2.75, 3.05) is 13.2 Å². The molecule has 1 aromatic rings. The number of amidine groups is 1. The monoisotopic (exact) mass is 265 g/mol. The summed E-state index contributed by atoms with van der Waals surface area (Å²) in [5.41, 5.74) is 6.71. The predicted octanol–water partition coefficient (Wildman–Crippen LogP) is 1.62. The summed E-state index contributed by atoms with van der Waals surface area (Å²) in [6.07, 6.45) is 3.30. The van der Waals surface area contributed by atoms with E-state index in [0.29, 0.717) is 6.42 Å². The van der Waals surface area contributed by atoms with Gasteiger partial charge in [0.25, 0.3) is 0 Å². The zero-order chi connectivity index (χ0) is 13.9. The number of hydrogen-bond donors (Lipinski definition) is 4. The van der Waals surface area contributed by atoms with E-state index in [4.69, 9.17) is 16.0 Å². The van der Waals surface area contributed by atoms with E-state index < -0.39 is 0 Å². The maximum Gasteiger partial charge on any atom is 0.141 e. The zero-order valence-corrected chi connectivity index (χ0v) is 11.1. The summed E-state index contributed by atoms with van der Waals surface area (Å²) in [5, 5.41) is 23.8. The molecule has 106 valence electrons. The van der Waals surface area contributed by atoms with Crippen LogP contribution in [-0.4, -0.2) is 29.3 Å². The minimum atomic E-state index is 0.0474. The van der Waals surface area contributed by atoms with Crippen LogP contribution in [0.5, 0.6) is 0 Å². The summed E-state index contributed by atoms with van der Waals surface area (Å²) in [6.45, 7) is 1.09. The van der Waals surface area contributed by atoms with E-state index in [9.17, 15) is 0 Å². The third-order valence-corrected chi connectivity index (χ3v) is 2.97. The van der Waals surface area contributed by atoms with Crippen molar-refractivity contribution in [2.24, 2.45) is 10.9 Å². The van der Waals surface area contributed by atoms with Crippen molar-refractivity contribution in [1.29, 1.82) is 0 Å². The molecule has 0 bridgehead atoms. The Hall–Kier alpha value is -1.59. The van der Waals surface area contributed by atoms with E-state index in [2.05, 4.69) is 10.5 Å². The Bertz CT molecular complexity index is 368. The van der Waals surface area contributed by atoms with Gasteiger partial charge in [-0.15, -0.1) is 0 Å². The van der Waals surface area contributed by atoms with Crippen LogP contribution in [0.4, 0.5) is 0 Å². The van der Waals surface area contributed by atoms with Crippen molar-refractivity contribution < 1.29 is 10.3 Å². The molecule has 1 aromatic carbocycles. The summed E-state index contributed by atoms with van der Waals surface area (Å²) in [7, 11) is 0. The molecule has 0 aliphatic rings. The van der Waals surface area contributed by atoms with Crippen molar-refractivity contribution >= 4 is 5.84 Å². The fourth-order valence-electron chi connectivity index (χ4n) is 1.93. The quantitative estimate of drug-likeness (QED) is 0.179. The molecule has 5 nitrogen and oxygen atoms in total. The fraction of sp³-hybridized carbons (Fsp3) is 0.500. The highest BCUT2D eigenvalue weighted by Gasteiger charge is 2.12. The van der Waals surface area contributed by atoms with Crippen LogP contribution >= 0.6 is 0 Å². The van der Waals surface area contributed by atoms with Crippen LogP contribution in [0, 0.1) is 0 Å². The first-order valence-corrected chi connectivity index (χ1v) is 6.63. The van der Waals surface area contributed by atoms with Crippen molar-refractivity contribution in [1.82, 2.24) is 5.32 Å². The van der Waals surface area contributed by atoms with Crippen LogP contribution in [0.25, 0.3) is 0 Å². The fourth-order valence-corrected chi connectivity index (χ4v) is 1.93. The summed E-state index contributed by atoms with van der Waals surface area (Å²) in [4.78, 5) is 0. The molecule has 19 heavy (non-hydrogen) atoms. The van der Waals surface area contributed by atoms with E-state index >= 15 is 0 Å². The Kier molecular flexibility index (Phi) is 7.62. The van der Waals surface area contributed by atoms with Crippen molar-refractivity contribution in [3.8, 4) is 0 Å². The third-order valence-electron chi connectivity index (χ3n) is 2.97. The highest BCUT2D eigenvalue weighted by Crippen LogP contribution is 2.16. The number of aliphatic hydroxyl groups excluding tert-OH is 1. The second kappa shape index (κ2) is 9.35. The lowest BCUT2D eigenvalue weighted by molar-refractivity contribution is 0.282. The average molecular weight is 265 g/mol. The minimum absolute atomic E-state index is 0.0474. The molecule has 0 aliphatic carbocycles. The highest BCUT2D eigenvalue weighted by atomic mass is 16.4. The number of rotatable bonds is 9. The van der Waals surface area contributed by atoms with Gasteiger partial charge in [0, 0.05) is 19.1 Å². The van der Waals surface area contributed by atoms with E-state index in [0.717, 1.165) is 31.4 Å². The molecule has 0 aromatic heterocycles. The van der Waals surface area contributed by atoms with Crippen molar-refractivity contribution in [3.63, 3.8) is 0 Å². The lowest BCUT2D eigenvalue weighted by Crippen LogP contribution is -2.27. The number of aliphatic hydroxyl groups is 1. The first-order chi connectivity index (χ1) is 9.27. The molecule has 1 atom stereocenters. The number of benzene rings is 1. The molecule has 1 rings (SSSR count). The van der Waals surface area contributed by atoms with E-state index in [-0.39, 0.29) is 18.5 Å². The maximum atomic E-state index is 8.72. The van der Waals surface area contributed by atoms with Gasteiger partial charge in [-0.05, 0) is 31.4 Å². The number of nitrogens with one attached hydrogen (secondary N) is 1. The Morgan fingerprint density at radius 2 is 1.95 bits per heavy atom. The number of hydrogen-bond acceptors (Lipinski definition) is 4. The Balaban J connectivity index is 2.50. The van der Waals surface area contributed by atoms with Gasteiger partial charge in [0.1, 0.15) is 5.84 Å². The van der Waals surface area contributed by atoms with Gasteiger partial charge >= 0.3 is 0 Å².